The molecule has 0 aliphatic carbocycles. The summed E-state index contributed by atoms with van der Waals surface area (Å²) in [6, 6.07) is 7.51. The minimum absolute atomic E-state index is 0.523. The fraction of sp³-hybridized carbons (Fsp3) is 0.333. The third-order valence-electron chi connectivity index (χ3n) is 2.96. The predicted molar refractivity (Wildman–Crippen MR) is 82.9 cm³/mol. The molecule has 0 fully saturated rings. The van der Waals surface area contributed by atoms with Gasteiger partial charge in [0.25, 0.3) is 0 Å². The molecule has 6 heteroatoms. The lowest BCUT2D eigenvalue weighted by molar-refractivity contribution is 0.404. The molecule has 112 valence electrons. The molecule has 6 nitrogen and oxygen atoms in total. The number of nitrogens with one attached hydrogen (secondary N) is 1. The molecule has 0 aliphatic rings. The molecule has 0 amide bonds. The van der Waals surface area contributed by atoms with E-state index in [1.165, 1.54) is 0 Å². The lowest BCUT2D eigenvalue weighted by atomic mass is 10.1. The van der Waals surface area contributed by atoms with Crippen molar-refractivity contribution in [3.63, 3.8) is 0 Å². The van der Waals surface area contributed by atoms with Crippen LogP contribution in [-0.2, 0) is 0 Å². The molecule has 1 aromatic carbocycles. The average Bonchev–Trinajstić information content (AvgIpc) is 2.51. The summed E-state index contributed by atoms with van der Waals surface area (Å²) in [5.74, 6) is 2.04. The van der Waals surface area contributed by atoms with E-state index in [1.807, 2.05) is 31.2 Å². The molecule has 0 saturated carbocycles. The molecular formula is C15H20N4O2. The first-order valence-electron chi connectivity index (χ1n) is 6.70. The van der Waals surface area contributed by atoms with Gasteiger partial charge in [-0.05, 0) is 31.2 Å². The van der Waals surface area contributed by atoms with E-state index >= 15 is 0 Å². The third-order valence-corrected chi connectivity index (χ3v) is 2.96. The van der Waals surface area contributed by atoms with E-state index in [2.05, 4.69) is 15.3 Å². The third kappa shape index (κ3) is 3.61. The van der Waals surface area contributed by atoms with Crippen LogP contribution in [0.1, 0.15) is 5.69 Å². The Morgan fingerprint density at radius 1 is 1.14 bits per heavy atom. The molecule has 0 bridgehead atoms. The smallest absolute Gasteiger partial charge is 0.223 e. The second-order valence-corrected chi connectivity index (χ2v) is 4.50. The zero-order valence-electron chi connectivity index (χ0n) is 12.5. The van der Waals surface area contributed by atoms with Gasteiger partial charge >= 0.3 is 0 Å². The highest BCUT2D eigenvalue weighted by atomic mass is 16.5. The van der Waals surface area contributed by atoms with Crippen LogP contribution in [0.4, 0.5) is 5.95 Å². The molecule has 0 aliphatic heterocycles. The van der Waals surface area contributed by atoms with Gasteiger partial charge < -0.3 is 20.5 Å². The molecule has 1 aromatic heterocycles. The van der Waals surface area contributed by atoms with Crippen LogP contribution in [0.2, 0.25) is 0 Å². The molecule has 0 atom stereocenters. The number of aromatic nitrogens is 2. The van der Waals surface area contributed by atoms with Crippen LogP contribution >= 0.6 is 0 Å². The average molecular weight is 288 g/mol. The van der Waals surface area contributed by atoms with Crippen molar-refractivity contribution in [3.8, 4) is 22.8 Å². The standard InChI is InChI=1S/C15H20N4O2/c1-10-8-13(19-15(18-10)17-7-6-16)12-9-11(20-2)4-5-14(12)21-3/h4-5,8-9H,6-7,16H2,1-3H3,(H,17,18,19). The topological polar surface area (TPSA) is 82.3 Å². The molecule has 0 spiro atoms. The van der Waals surface area contributed by atoms with Crippen LogP contribution in [0.3, 0.4) is 0 Å². The van der Waals surface area contributed by atoms with Gasteiger partial charge in [-0.3, -0.25) is 0 Å². The van der Waals surface area contributed by atoms with Gasteiger partial charge in [-0.1, -0.05) is 0 Å². The van der Waals surface area contributed by atoms with Crippen LogP contribution < -0.4 is 20.5 Å². The summed E-state index contributed by atoms with van der Waals surface area (Å²) in [6.07, 6.45) is 0. The maximum absolute atomic E-state index is 5.49. The Balaban J connectivity index is 2.47. The lowest BCUT2D eigenvalue weighted by Gasteiger charge is -2.12. The highest BCUT2D eigenvalue weighted by Gasteiger charge is 2.11. The molecule has 2 aromatic rings. The van der Waals surface area contributed by atoms with Crippen molar-refractivity contribution in [2.45, 2.75) is 6.92 Å². The number of nitrogens with two attached hydrogens (primary N) is 1. The normalized spacial score (nSPS) is 10.3. The van der Waals surface area contributed by atoms with Gasteiger partial charge in [0.2, 0.25) is 5.95 Å². The highest BCUT2D eigenvalue weighted by molar-refractivity contribution is 5.70. The Hall–Kier alpha value is -2.34. The van der Waals surface area contributed by atoms with E-state index in [4.69, 9.17) is 15.2 Å². The molecule has 3 N–H and O–H groups in total. The number of hydrogen-bond acceptors (Lipinski definition) is 6. The van der Waals surface area contributed by atoms with Crippen molar-refractivity contribution in [1.29, 1.82) is 0 Å². The van der Waals surface area contributed by atoms with Gasteiger partial charge in [-0.2, -0.15) is 0 Å². The first-order chi connectivity index (χ1) is 10.2. The van der Waals surface area contributed by atoms with Gasteiger partial charge in [0.1, 0.15) is 11.5 Å². The number of rotatable bonds is 6. The second kappa shape index (κ2) is 6.90. The number of nitrogens with zero attached hydrogens (tertiary/aromatic N) is 2. The fourth-order valence-corrected chi connectivity index (χ4v) is 1.98. The summed E-state index contributed by atoms with van der Waals surface area (Å²) in [6.45, 7) is 3.07. The zero-order chi connectivity index (χ0) is 15.2. The highest BCUT2D eigenvalue weighted by Crippen LogP contribution is 2.32. The first-order valence-corrected chi connectivity index (χ1v) is 6.70. The van der Waals surface area contributed by atoms with Crippen molar-refractivity contribution in [2.24, 2.45) is 5.73 Å². The van der Waals surface area contributed by atoms with Crippen molar-refractivity contribution >= 4 is 5.95 Å². The summed E-state index contributed by atoms with van der Waals surface area (Å²) in [4.78, 5) is 8.86. The van der Waals surface area contributed by atoms with E-state index in [0.717, 1.165) is 28.5 Å². The lowest BCUT2D eigenvalue weighted by Crippen LogP contribution is -2.15. The summed E-state index contributed by atoms with van der Waals surface area (Å²) in [5, 5.41) is 3.09. The van der Waals surface area contributed by atoms with Crippen LogP contribution in [-0.4, -0.2) is 37.3 Å². The van der Waals surface area contributed by atoms with Gasteiger partial charge in [-0.15, -0.1) is 0 Å². The van der Waals surface area contributed by atoms with Crippen molar-refractivity contribution in [3.05, 3.63) is 30.0 Å². The maximum atomic E-state index is 5.49. The summed E-state index contributed by atoms with van der Waals surface area (Å²) in [7, 11) is 3.26. The van der Waals surface area contributed by atoms with Gasteiger partial charge in [-0.25, -0.2) is 9.97 Å². The van der Waals surface area contributed by atoms with E-state index in [0.29, 0.717) is 19.0 Å². The van der Waals surface area contributed by atoms with E-state index < -0.39 is 0 Å². The second-order valence-electron chi connectivity index (χ2n) is 4.50. The summed E-state index contributed by atoms with van der Waals surface area (Å²) >= 11 is 0. The fourth-order valence-electron chi connectivity index (χ4n) is 1.98. The Morgan fingerprint density at radius 2 is 1.95 bits per heavy atom. The van der Waals surface area contributed by atoms with Gasteiger partial charge in [0.05, 0.1) is 19.9 Å². The summed E-state index contributed by atoms with van der Waals surface area (Å²) in [5.41, 5.74) is 7.99. The molecule has 2 rings (SSSR count). The monoisotopic (exact) mass is 288 g/mol. The van der Waals surface area contributed by atoms with Crippen molar-refractivity contribution < 1.29 is 9.47 Å². The minimum atomic E-state index is 0.523. The van der Waals surface area contributed by atoms with Gasteiger partial charge in [0.15, 0.2) is 0 Å². The van der Waals surface area contributed by atoms with E-state index in [-0.39, 0.29) is 0 Å². The number of benzene rings is 1. The number of methoxy groups -OCH3 is 2. The van der Waals surface area contributed by atoms with E-state index in [9.17, 15) is 0 Å². The van der Waals surface area contributed by atoms with Gasteiger partial charge in [0, 0.05) is 24.3 Å². The maximum Gasteiger partial charge on any atom is 0.223 e. The van der Waals surface area contributed by atoms with Crippen LogP contribution in [0, 0.1) is 6.92 Å². The summed E-state index contributed by atoms with van der Waals surface area (Å²) < 4.78 is 10.7. The number of anilines is 1. The SMILES string of the molecule is COc1ccc(OC)c(-c2cc(C)nc(NCCN)n2)c1. The number of ether oxygens (including phenoxy) is 2. The molecule has 0 saturated heterocycles. The molecule has 1 heterocycles. The van der Waals surface area contributed by atoms with Crippen LogP contribution in [0.5, 0.6) is 11.5 Å². The van der Waals surface area contributed by atoms with Crippen molar-refractivity contribution in [2.75, 3.05) is 32.6 Å². The Bertz CT molecular complexity index is 617. The largest absolute Gasteiger partial charge is 0.497 e. The predicted octanol–water partition coefficient (Wildman–Crippen LogP) is 1.84. The van der Waals surface area contributed by atoms with Crippen LogP contribution in [0.25, 0.3) is 11.3 Å². The molecule has 21 heavy (non-hydrogen) atoms. The van der Waals surface area contributed by atoms with E-state index in [1.54, 1.807) is 14.2 Å². The zero-order valence-corrected chi connectivity index (χ0v) is 12.5. The molecular weight excluding hydrogens is 268 g/mol. The first kappa shape index (κ1) is 15.1. The Labute approximate surface area is 124 Å². The molecule has 0 radical (unpaired) electrons. The Morgan fingerprint density at radius 3 is 2.62 bits per heavy atom. The van der Waals surface area contributed by atoms with Crippen molar-refractivity contribution in [1.82, 2.24) is 9.97 Å². The molecule has 0 unspecified atom stereocenters. The van der Waals surface area contributed by atoms with Crippen LogP contribution in [0.15, 0.2) is 24.3 Å². The quantitative estimate of drug-likeness (QED) is 0.844. The number of hydrogen-bond donors (Lipinski definition) is 2. The Kier molecular flexibility index (Phi) is 4.94. The number of aryl methyl sites for hydroxylation is 1. The minimum Gasteiger partial charge on any atom is -0.497 e.